The Hall–Kier alpha value is -5.01. The Morgan fingerprint density at radius 2 is 1.14 bits per heavy atom. The maximum absolute atomic E-state index is 5.08. The summed E-state index contributed by atoms with van der Waals surface area (Å²) in [6.07, 6.45) is 7.86. The van der Waals surface area contributed by atoms with Gasteiger partial charge in [0.2, 0.25) is 0 Å². The van der Waals surface area contributed by atoms with Gasteiger partial charge in [0.25, 0.3) is 0 Å². The Bertz CT molecular complexity index is 2310. The summed E-state index contributed by atoms with van der Waals surface area (Å²) in [7, 11) is 0. The molecule has 44 heavy (non-hydrogen) atoms. The molecule has 8 nitrogen and oxygen atoms in total. The Morgan fingerprint density at radius 3 is 1.68 bits per heavy atom. The fourth-order valence-corrected chi connectivity index (χ4v) is 6.47. The number of nitrogens with zero attached hydrogens (tertiary/aromatic N) is 6. The van der Waals surface area contributed by atoms with E-state index in [4.69, 9.17) is 29.9 Å². The summed E-state index contributed by atoms with van der Waals surface area (Å²) < 4.78 is 1.45. The molecular formula is C35H26N8Zn. The van der Waals surface area contributed by atoms with Crippen molar-refractivity contribution in [1.29, 1.82) is 0 Å². The molecule has 5 heterocycles. The van der Waals surface area contributed by atoms with Gasteiger partial charge in [-0.2, -0.15) is 0 Å². The van der Waals surface area contributed by atoms with Gasteiger partial charge in [0, 0.05) is 5.39 Å². The van der Waals surface area contributed by atoms with E-state index in [0.717, 1.165) is 62.9 Å². The summed E-state index contributed by atoms with van der Waals surface area (Å²) >= 11 is 1.13. The fraction of sp³-hybridized carbons (Fsp3) is 0.114. The van der Waals surface area contributed by atoms with Crippen LogP contribution in [0.25, 0.3) is 85.0 Å². The molecule has 3 aromatic carbocycles. The Morgan fingerprint density at radius 1 is 0.636 bits per heavy atom. The topological polar surface area (TPSA) is 109 Å². The first-order chi connectivity index (χ1) is 21.6. The average molecular weight is 624 g/mol. The summed E-state index contributed by atoms with van der Waals surface area (Å²) in [6.45, 7) is 2.23. The van der Waals surface area contributed by atoms with Crippen molar-refractivity contribution in [3.8, 4) is 45.6 Å². The number of benzene rings is 3. The van der Waals surface area contributed by atoms with E-state index in [1.54, 1.807) is 0 Å². The number of nitrogens with one attached hydrogen (secondary N) is 2. The van der Waals surface area contributed by atoms with E-state index in [1.807, 2.05) is 78.9 Å². The Balaban J connectivity index is 1.47. The fourth-order valence-electron chi connectivity index (χ4n) is 5.70. The maximum atomic E-state index is 5.08. The predicted molar refractivity (Wildman–Crippen MR) is 172 cm³/mol. The summed E-state index contributed by atoms with van der Waals surface area (Å²) in [6, 6.07) is 26.3. The summed E-state index contributed by atoms with van der Waals surface area (Å²) in [5.41, 5.74) is 7.42. The van der Waals surface area contributed by atoms with Gasteiger partial charge in [-0.25, -0.2) is 0 Å². The van der Waals surface area contributed by atoms with Gasteiger partial charge in [-0.15, -0.1) is 0 Å². The van der Waals surface area contributed by atoms with Gasteiger partial charge in [-0.05, 0) is 0 Å². The first-order valence-corrected chi connectivity index (χ1v) is 16.3. The normalized spacial score (nSPS) is 12.1. The number of hydrogen-bond acceptors (Lipinski definition) is 6. The summed E-state index contributed by atoms with van der Waals surface area (Å²) in [4.78, 5) is 36.9. The van der Waals surface area contributed by atoms with Crippen molar-refractivity contribution in [2.24, 2.45) is 0 Å². The molecule has 0 saturated carbocycles. The van der Waals surface area contributed by atoms with Crippen LogP contribution < -0.4 is 0 Å². The third-order valence-corrected chi connectivity index (χ3v) is 9.19. The third-order valence-electron chi connectivity index (χ3n) is 7.96. The van der Waals surface area contributed by atoms with E-state index in [-0.39, 0.29) is 0 Å². The number of unbranched alkanes of at least 4 members (excludes halogenated alkanes) is 1. The standard InChI is InChI=1S/C35H26N8.Zn/c1-2-3-4-5-6-13-21-20-28-36-29(21)38-31-24-16-9-10-17-25(24)33(40-31)42-35-27-19-12-11-18-26(27)34(43-35)41-32-23-15-8-7-14-22(23)30(37-28)39-32;/h6-20H,2-4H2,1H3,(H2,36,37,38,39,40,41,42,43);/b13-6-;. The van der Waals surface area contributed by atoms with Crippen molar-refractivity contribution in [3.05, 3.63) is 90.5 Å². The quantitative estimate of drug-likeness (QED) is 0.191. The Kier molecular flexibility index (Phi) is 6.61. The average Bonchev–Trinajstić information content (AvgIpc) is 3.79. The number of hydrogen-bond donors (Lipinski definition) is 2. The number of fused-ring (bicyclic) bond motifs is 17. The van der Waals surface area contributed by atoms with Gasteiger partial charge in [0.15, 0.2) is 0 Å². The van der Waals surface area contributed by atoms with Crippen LogP contribution in [0, 0.1) is 0 Å². The van der Waals surface area contributed by atoms with Crippen LogP contribution in [0.3, 0.4) is 0 Å². The van der Waals surface area contributed by atoms with Gasteiger partial charge < -0.3 is 0 Å². The van der Waals surface area contributed by atoms with Gasteiger partial charge in [0.1, 0.15) is 0 Å². The molecule has 0 spiro atoms. The molecule has 0 saturated heterocycles. The van der Waals surface area contributed by atoms with E-state index < -0.39 is 0 Å². The van der Waals surface area contributed by atoms with Crippen LogP contribution in [-0.2, 0) is 17.9 Å². The summed E-state index contributed by atoms with van der Waals surface area (Å²) in [5.74, 6) is 2.42. The third kappa shape index (κ3) is 4.70. The molecule has 6 aromatic rings. The second-order valence-corrected chi connectivity index (χ2v) is 12.9. The zero-order valence-corrected chi connectivity index (χ0v) is 27.1. The number of rotatable bonds is 5. The van der Waals surface area contributed by atoms with Gasteiger partial charge in [-0.3, -0.25) is 0 Å². The molecule has 8 rings (SSSR count). The van der Waals surface area contributed by atoms with Crippen LogP contribution in [0.1, 0.15) is 31.7 Å². The molecule has 0 aliphatic carbocycles. The zero-order valence-electron chi connectivity index (χ0n) is 24.2. The predicted octanol–water partition coefficient (Wildman–Crippen LogP) is 7.64. The molecule has 0 amide bonds. The van der Waals surface area contributed by atoms with E-state index in [0.29, 0.717) is 45.9 Å². The molecular weight excluding hydrogens is 598 g/mol. The van der Waals surface area contributed by atoms with Gasteiger partial charge >= 0.3 is 234 Å². The molecule has 0 fully saturated rings. The summed E-state index contributed by atoms with van der Waals surface area (Å²) in [5, 5.41) is 1.92. The van der Waals surface area contributed by atoms with E-state index >= 15 is 0 Å². The molecule has 0 unspecified atom stereocenters. The number of H-pyrrole nitrogens is 2. The van der Waals surface area contributed by atoms with Crippen molar-refractivity contribution < 1.29 is 17.9 Å². The van der Waals surface area contributed by atoms with Crippen molar-refractivity contribution >= 4 is 43.5 Å². The second-order valence-electron chi connectivity index (χ2n) is 11.0. The minimum atomic E-state index is 0.603. The van der Waals surface area contributed by atoms with Crippen molar-refractivity contribution in [3.63, 3.8) is 0 Å². The number of aromatic amines is 2. The van der Waals surface area contributed by atoms with Crippen molar-refractivity contribution in [2.45, 2.75) is 26.2 Å². The number of aromatic nitrogens is 8. The van der Waals surface area contributed by atoms with Crippen LogP contribution in [0.5, 0.6) is 0 Å². The van der Waals surface area contributed by atoms with Crippen LogP contribution in [0.4, 0.5) is 0 Å². The SMILES string of the molecule is CCCC[C](=[Zn])/C=C\c1cc2nc3nc(nc4[nH]c(nc5nc(nc1[nH]2)-c1ccccc1-5)c1ccccc41)-c1ccccc1-3. The van der Waals surface area contributed by atoms with Crippen LogP contribution in [-0.4, -0.2) is 44.0 Å². The number of allylic oxidation sites excluding steroid dienone is 1. The molecule has 0 radical (unpaired) electrons. The minimum absolute atomic E-state index is 0.603. The zero-order chi connectivity index (χ0) is 29.6. The molecule has 9 heteroatoms. The van der Waals surface area contributed by atoms with E-state index in [1.165, 1.54) is 16.9 Å². The van der Waals surface area contributed by atoms with Crippen molar-refractivity contribution in [2.75, 3.05) is 0 Å². The van der Waals surface area contributed by atoms with Crippen LogP contribution >= 0.6 is 0 Å². The van der Waals surface area contributed by atoms with Gasteiger partial charge in [-0.1, -0.05) is 24.3 Å². The first kappa shape index (κ1) is 26.6. The molecule has 3 aromatic heterocycles. The first-order valence-electron chi connectivity index (χ1n) is 14.8. The monoisotopic (exact) mass is 622 g/mol. The van der Waals surface area contributed by atoms with Crippen molar-refractivity contribution in [1.82, 2.24) is 39.9 Å². The Labute approximate surface area is 262 Å². The second kappa shape index (κ2) is 10.9. The molecule has 8 bridgehead atoms. The van der Waals surface area contributed by atoms with E-state index in [2.05, 4.69) is 29.0 Å². The molecule has 208 valence electrons. The molecule has 2 aliphatic heterocycles. The molecule has 0 atom stereocenters. The van der Waals surface area contributed by atoms with Crippen LogP contribution in [0.15, 0.2) is 84.9 Å². The molecule has 2 aliphatic rings. The molecule has 2 N–H and O–H groups in total. The van der Waals surface area contributed by atoms with E-state index in [9.17, 15) is 0 Å². The van der Waals surface area contributed by atoms with Gasteiger partial charge in [0.05, 0.1) is 0 Å². The van der Waals surface area contributed by atoms with Crippen LogP contribution in [0.2, 0.25) is 0 Å².